The second-order valence-corrected chi connectivity index (χ2v) is 9.96. The Morgan fingerprint density at radius 1 is 1.00 bits per heavy atom. The number of hydrogen-bond acceptors (Lipinski definition) is 6. The van der Waals surface area contributed by atoms with E-state index in [-0.39, 0.29) is 4.90 Å². The van der Waals surface area contributed by atoms with Crippen molar-refractivity contribution in [2.45, 2.75) is 25.2 Å². The van der Waals surface area contributed by atoms with Crippen molar-refractivity contribution in [1.82, 2.24) is 0 Å². The first-order chi connectivity index (χ1) is 16.8. The summed E-state index contributed by atoms with van der Waals surface area (Å²) >= 11 is 6.29. The molecule has 3 aromatic carbocycles. The van der Waals surface area contributed by atoms with Gasteiger partial charge in [0.1, 0.15) is 0 Å². The Morgan fingerprint density at radius 2 is 1.71 bits per heavy atom. The Labute approximate surface area is 210 Å². The molecule has 0 unspecified atom stereocenters. The minimum atomic E-state index is -4.02. The lowest BCUT2D eigenvalue weighted by molar-refractivity contribution is 0.483. The first-order valence-electron chi connectivity index (χ1n) is 11.1. The van der Waals surface area contributed by atoms with E-state index in [1.54, 1.807) is 12.1 Å². The molecule has 0 saturated carbocycles. The Bertz CT molecular complexity index is 1420. The minimum absolute atomic E-state index is 0.0666. The van der Waals surface area contributed by atoms with Gasteiger partial charge in [0.15, 0.2) is 5.84 Å². The third-order valence-electron chi connectivity index (χ3n) is 5.62. The number of halogens is 1. The Hall–Kier alpha value is -3.33. The van der Waals surface area contributed by atoms with Gasteiger partial charge in [0.25, 0.3) is 10.1 Å². The fraction of sp³-hybridized carbons (Fsp3) is 0.192. The van der Waals surface area contributed by atoms with Crippen molar-refractivity contribution in [3.05, 3.63) is 94.5 Å². The number of aryl methyl sites for hydroxylation is 1. The van der Waals surface area contributed by atoms with Crippen molar-refractivity contribution in [3.8, 4) is 0 Å². The largest absolute Gasteiger partial charge is 0.320 e. The van der Waals surface area contributed by atoms with E-state index in [1.165, 1.54) is 12.1 Å². The molecule has 2 aliphatic heterocycles. The number of aliphatic imine (C=N–C) groups is 1. The third kappa shape index (κ3) is 5.85. The van der Waals surface area contributed by atoms with E-state index in [4.69, 9.17) is 21.1 Å². The van der Waals surface area contributed by atoms with Crippen LogP contribution in [-0.4, -0.2) is 43.3 Å². The van der Waals surface area contributed by atoms with Crippen molar-refractivity contribution >= 4 is 44.7 Å². The molecule has 0 atom stereocenters. The summed E-state index contributed by atoms with van der Waals surface area (Å²) in [6.07, 6.45) is 0.891. The molecule has 2 heterocycles. The molecule has 0 saturated heterocycles. The molecule has 0 radical (unpaired) electrons. The average molecular weight is 509 g/mol. The second kappa shape index (κ2) is 10.5. The van der Waals surface area contributed by atoms with Crippen LogP contribution in [0.5, 0.6) is 0 Å². The van der Waals surface area contributed by atoms with Gasteiger partial charge < -0.3 is 4.90 Å². The monoisotopic (exact) mass is 508 g/mol. The molecular weight excluding hydrogens is 484 g/mol. The molecule has 180 valence electrons. The quantitative estimate of drug-likeness (QED) is 0.478. The zero-order valence-corrected chi connectivity index (χ0v) is 21.0. The lowest BCUT2D eigenvalue weighted by atomic mass is 10.00. The maximum atomic E-state index is 10.5. The van der Waals surface area contributed by atoms with Crippen LogP contribution < -0.4 is 4.90 Å². The van der Waals surface area contributed by atoms with Crippen LogP contribution in [0.25, 0.3) is 0 Å². The van der Waals surface area contributed by atoms with Gasteiger partial charge in [-0.15, -0.1) is 5.10 Å². The molecule has 0 spiro atoms. The maximum absolute atomic E-state index is 10.5. The van der Waals surface area contributed by atoms with Crippen molar-refractivity contribution in [2.75, 3.05) is 18.0 Å². The van der Waals surface area contributed by atoms with E-state index in [0.717, 1.165) is 52.6 Å². The third-order valence-corrected chi connectivity index (χ3v) is 6.72. The SMILES string of the molecule is CCC1=NN=C2CN=C(c3ccccc3)c3cc(Cl)ccc3N2C1.Cc1ccc(S(=O)(=O)O)cc1. The number of hydrogen-bond donors (Lipinski definition) is 1. The maximum Gasteiger partial charge on any atom is 0.294 e. The molecule has 0 bridgehead atoms. The van der Waals surface area contributed by atoms with Crippen LogP contribution in [-0.2, 0) is 10.1 Å². The van der Waals surface area contributed by atoms with Crippen molar-refractivity contribution in [3.63, 3.8) is 0 Å². The summed E-state index contributed by atoms with van der Waals surface area (Å²) in [5.41, 5.74) is 6.18. The van der Waals surface area contributed by atoms with E-state index < -0.39 is 10.1 Å². The van der Waals surface area contributed by atoms with Crippen molar-refractivity contribution in [1.29, 1.82) is 0 Å². The van der Waals surface area contributed by atoms with E-state index in [2.05, 4.69) is 40.2 Å². The molecule has 0 aliphatic carbocycles. The molecular formula is C26H25ClN4O3S. The molecule has 0 amide bonds. The van der Waals surface area contributed by atoms with Gasteiger partial charge in [-0.25, -0.2) is 0 Å². The van der Waals surface area contributed by atoms with Gasteiger partial charge in [0.05, 0.1) is 35.1 Å². The first-order valence-corrected chi connectivity index (χ1v) is 12.9. The fourth-order valence-corrected chi connectivity index (χ4v) is 4.38. The highest BCUT2D eigenvalue weighted by Gasteiger charge is 2.27. The number of rotatable bonds is 3. The van der Waals surface area contributed by atoms with Crippen LogP contribution in [0.1, 0.15) is 30.0 Å². The van der Waals surface area contributed by atoms with Crippen LogP contribution in [0, 0.1) is 6.92 Å². The highest BCUT2D eigenvalue weighted by molar-refractivity contribution is 7.85. The summed E-state index contributed by atoms with van der Waals surface area (Å²) in [6.45, 7) is 5.21. The van der Waals surface area contributed by atoms with E-state index in [0.29, 0.717) is 11.6 Å². The standard InChI is InChI=1S/C19H17ClN4.C7H8O3S/c1-2-15-12-24-17-9-8-14(20)10-16(17)19(13-6-4-3-5-7-13)21-11-18(24)23-22-15;1-6-2-4-7(5-3-6)11(8,9)10/h3-10H,2,11-12H2,1H3;2-5H,1H3,(H,8,9,10). The first kappa shape index (κ1) is 24.8. The van der Waals surface area contributed by atoms with Crippen molar-refractivity contribution < 1.29 is 13.0 Å². The molecule has 35 heavy (non-hydrogen) atoms. The average Bonchev–Trinajstić information content (AvgIpc) is 3.00. The van der Waals surface area contributed by atoms with E-state index in [9.17, 15) is 8.42 Å². The van der Waals surface area contributed by atoms with Gasteiger partial charge in [0.2, 0.25) is 0 Å². The van der Waals surface area contributed by atoms with Gasteiger partial charge >= 0.3 is 0 Å². The summed E-state index contributed by atoms with van der Waals surface area (Å²) in [5.74, 6) is 0.877. The van der Waals surface area contributed by atoms with Crippen LogP contribution >= 0.6 is 11.6 Å². The van der Waals surface area contributed by atoms with Gasteiger partial charge in [0, 0.05) is 16.1 Å². The molecule has 5 rings (SSSR count). The van der Waals surface area contributed by atoms with Gasteiger partial charge in [-0.1, -0.05) is 66.6 Å². The summed E-state index contributed by atoms with van der Waals surface area (Å²) in [7, 11) is -4.02. The molecule has 1 N–H and O–H groups in total. The van der Waals surface area contributed by atoms with Crippen LogP contribution in [0.2, 0.25) is 5.02 Å². The summed E-state index contributed by atoms with van der Waals surface area (Å²) in [6, 6.07) is 22.2. The highest BCUT2D eigenvalue weighted by Crippen LogP contribution is 2.30. The van der Waals surface area contributed by atoms with Crippen LogP contribution in [0.15, 0.2) is 92.9 Å². The Morgan fingerprint density at radius 3 is 2.37 bits per heavy atom. The molecule has 9 heteroatoms. The van der Waals surface area contributed by atoms with Crippen molar-refractivity contribution in [2.24, 2.45) is 15.2 Å². The Balaban J connectivity index is 0.000000221. The molecule has 3 aromatic rings. The normalized spacial score (nSPS) is 14.9. The summed E-state index contributed by atoms with van der Waals surface area (Å²) in [4.78, 5) is 6.97. The lowest BCUT2D eigenvalue weighted by Crippen LogP contribution is -2.39. The zero-order valence-electron chi connectivity index (χ0n) is 19.4. The summed E-state index contributed by atoms with van der Waals surface area (Å²) < 4.78 is 29.6. The summed E-state index contributed by atoms with van der Waals surface area (Å²) in [5, 5.41) is 9.44. The van der Waals surface area contributed by atoms with Gasteiger partial charge in [-0.2, -0.15) is 13.5 Å². The number of nitrogens with zero attached hydrogens (tertiary/aromatic N) is 4. The van der Waals surface area contributed by atoms with E-state index >= 15 is 0 Å². The zero-order chi connectivity index (χ0) is 25.0. The fourth-order valence-electron chi connectivity index (χ4n) is 3.73. The minimum Gasteiger partial charge on any atom is -0.320 e. The number of benzene rings is 3. The topological polar surface area (TPSA) is 94.7 Å². The van der Waals surface area contributed by atoms with Gasteiger partial charge in [-0.3, -0.25) is 9.55 Å². The smallest absolute Gasteiger partial charge is 0.294 e. The second-order valence-electron chi connectivity index (χ2n) is 8.10. The number of fused-ring (bicyclic) bond motifs is 3. The van der Waals surface area contributed by atoms with E-state index in [1.807, 2.05) is 37.3 Å². The predicted molar refractivity (Wildman–Crippen MR) is 142 cm³/mol. The molecule has 0 aromatic heterocycles. The number of amidine groups is 1. The molecule has 2 aliphatic rings. The molecule has 0 fully saturated rings. The van der Waals surface area contributed by atoms with Gasteiger partial charge in [-0.05, 0) is 43.7 Å². The van der Waals surface area contributed by atoms with Crippen LogP contribution in [0.4, 0.5) is 5.69 Å². The Kier molecular flexibility index (Phi) is 7.45. The van der Waals surface area contributed by atoms with Crippen LogP contribution in [0.3, 0.4) is 0 Å². The predicted octanol–water partition coefficient (Wildman–Crippen LogP) is 5.42. The highest BCUT2D eigenvalue weighted by atomic mass is 35.5. The number of anilines is 1. The molecule has 7 nitrogen and oxygen atoms in total. The lowest BCUT2D eigenvalue weighted by Gasteiger charge is -2.28.